The van der Waals surface area contributed by atoms with Gasteiger partial charge in [-0.2, -0.15) is 0 Å². The van der Waals surface area contributed by atoms with Crippen LogP contribution in [0.5, 0.6) is 0 Å². The quantitative estimate of drug-likeness (QED) is 0.308. The highest BCUT2D eigenvalue weighted by Gasteiger charge is 2.11. The number of guanidine groups is 1. The van der Waals surface area contributed by atoms with Crippen molar-refractivity contribution in [3.05, 3.63) is 12.2 Å². The number of aliphatic imine (C=N–C) groups is 1. The van der Waals surface area contributed by atoms with Gasteiger partial charge in [-0.05, 0) is 32.9 Å². The lowest BCUT2D eigenvalue weighted by Crippen LogP contribution is -2.43. The van der Waals surface area contributed by atoms with E-state index in [2.05, 4.69) is 53.4 Å². The summed E-state index contributed by atoms with van der Waals surface area (Å²) in [7, 11) is 0. The van der Waals surface area contributed by atoms with Crippen LogP contribution in [-0.2, 0) is 0 Å². The van der Waals surface area contributed by atoms with Gasteiger partial charge in [-0.25, -0.2) is 0 Å². The van der Waals surface area contributed by atoms with Crippen LogP contribution in [0.1, 0.15) is 33.6 Å². The summed E-state index contributed by atoms with van der Waals surface area (Å²) in [5.74, 6) is 0.957. The standard InChI is InChI=1S/C14H28N4.HI/c1-4-15-14(17-13-9-7-8-10-13)16-11-12-18(5-2)6-3;/h7-8,13H,4-6,9-12H2,1-3H3,(H2,15,16,17);1H. The van der Waals surface area contributed by atoms with Crippen molar-refractivity contribution in [1.29, 1.82) is 0 Å². The van der Waals surface area contributed by atoms with Gasteiger partial charge in [0, 0.05) is 19.1 Å². The van der Waals surface area contributed by atoms with Crippen molar-refractivity contribution in [2.75, 3.05) is 32.7 Å². The van der Waals surface area contributed by atoms with E-state index in [4.69, 9.17) is 0 Å². The molecule has 0 amide bonds. The van der Waals surface area contributed by atoms with E-state index in [1.54, 1.807) is 0 Å². The lowest BCUT2D eigenvalue weighted by atomic mass is 10.2. The van der Waals surface area contributed by atoms with Gasteiger partial charge in [0.05, 0.1) is 6.54 Å². The summed E-state index contributed by atoms with van der Waals surface area (Å²) >= 11 is 0. The van der Waals surface area contributed by atoms with Crippen LogP contribution in [0.4, 0.5) is 0 Å². The smallest absolute Gasteiger partial charge is 0.191 e. The molecule has 0 spiro atoms. The molecule has 0 radical (unpaired) electrons. The third kappa shape index (κ3) is 7.77. The highest BCUT2D eigenvalue weighted by Crippen LogP contribution is 2.08. The summed E-state index contributed by atoms with van der Waals surface area (Å²) in [4.78, 5) is 7.03. The van der Waals surface area contributed by atoms with Crippen LogP contribution < -0.4 is 10.6 Å². The fourth-order valence-corrected chi connectivity index (χ4v) is 2.09. The Bertz CT molecular complexity index is 267. The SMILES string of the molecule is CCNC(=NCCN(CC)CC)NC1CC=CC1.I. The minimum atomic E-state index is 0. The lowest BCUT2D eigenvalue weighted by molar-refractivity contribution is 0.313. The monoisotopic (exact) mass is 380 g/mol. The molecule has 1 rings (SSSR count). The molecule has 0 bridgehead atoms. The summed E-state index contributed by atoms with van der Waals surface area (Å²) in [6, 6.07) is 0.524. The molecule has 0 heterocycles. The summed E-state index contributed by atoms with van der Waals surface area (Å²) < 4.78 is 0. The lowest BCUT2D eigenvalue weighted by Gasteiger charge is -2.19. The molecule has 1 aliphatic carbocycles. The molecule has 5 heteroatoms. The maximum Gasteiger partial charge on any atom is 0.191 e. The first-order valence-electron chi connectivity index (χ1n) is 7.22. The molecule has 0 aliphatic heterocycles. The van der Waals surface area contributed by atoms with Crippen LogP contribution >= 0.6 is 24.0 Å². The molecule has 1 aliphatic rings. The zero-order valence-electron chi connectivity index (χ0n) is 12.5. The van der Waals surface area contributed by atoms with Crippen LogP contribution in [0.3, 0.4) is 0 Å². The Morgan fingerprint density at radius 1 is 1.21 bits per heavy atom. The molecule has 0 atom stereocenters. The highest BCUT2D eigenvalue weighted by molar-refractivity contribution is 14.0. The molecular weight excluding hydrogens is 351 g/mol. The first-order valence-corrected chi connectivity index (χ1v) is 7.22. The van der Waals surface area contributed by atoms with E-state index in [9.17, 15) is 0 Å². The number of hydrogen-bond acceptors (Lipinski definition) is 2. The summed E-state index contributed by atoms with van der Waals surface area (Å²) in [6.07, 6.45) is 6.69. The Kier molecular flexibility index (Phi) is 11.3. The highest BCUT2D eigenvalue weighted by atomic mass is 127. The van der Waals surface area contributed by atoms with E-state index in [-0.39, 0.29) is 24.0 Å². The second kappa shape index (κ2) is 11.5. The fourth-order valence-electron chi connectivity index (χ4n) is 2.09. The van der Waals surface area contributed by atoms with Gasteiger partial charge in [0.25, 0.3) is 0 Å². The first kappa shape index (κ1) is 18.7. The van der Waals surface area contributed by atoms with Crippen LogP contribution in [0, 0.1) is 0 Å². The second-order valence-corrected chi connectivity index (χ2v) is 4.57. The van der Waals surface area contributed by atoms with Gasteiger partial charge in [0.2, 0.25) is 0 Å². The average molecular weight is 380 g/mol. The van der Waals surface area contributed by atoms with Gasteiger partial charge in [0.15, 0.2) is 5.96 Å². The molecule has 112 valence electrons. The van der Waals surface area contributed by atoms with Crippen molar-refractivity contribution < 1.29 is 0 Å². The Morgan fingerprint density at radius 3 is 2.37 bits per heavy atom. The number of halogens is 1. The summed E-state index contributed by atoms with van der Waals surface area (Å²) in [6.45, 7) is 11.5. The minimum absolute atomic E-state index is 0. The third-order valence-corrected chi connectivity index (χ3v) is 3.27. The molecule has 0 aromatic rings. The van der Waals surface area contributed by atoms with Gasteiger partial charge in [-0.1, -0.05) is 26.0 Å². The molecule has 0 aromatic carbocycles. The average Bonchev–Trinajstić information content (AvgIpc) is 2.87. The van der Waals surface area contributed by atoms with Crippen LogP contribution in [0.2, 0.25) is 0 Å². The predicted molar refractivity (Wildman–Crippen MR) is 94.5 cm³/mol. The van der Waals surface area contributed by atoms with Crippen molar-refractivity contribution >= 4 is 29.9 Å². The van der Waals surface area contributed by atoms with Crippen molar-refractivity contribution in [3.8, 4) is 0 Å². The maximum absolute atomic E-state index is 4.64. The number of likely N-dealkylation sites (N-methyl/N-ethyl adjacent to an activating group) is 1. The van der Waals surface area contributed by atoms with Crippen LogP contribution in [-0.4, -0.2) is 49.6 Å². The normalized spacial score (nSPS) is 15.7. The number of hydrogen-bond donors (Lipinski definition) is 2. The van der Waals surface area contributed by atoms with Crippen molar-refractivity contribution in [2.45, 2.75) is 39.7 Å². The van der Waals surface area contributed by atoms with Gasteiger partial charge in [-0.15, -0.1) is 24.0 Å². The van der Waals surface area contributed by atoms with Gasteiger partial charge < -0.3 is 15.5 Å². The summed E-state index contributed by atoms with van der Waals surface area (Å²) in [5.41, 5.74) is 0. The predicted octanol–water partition coefficient (Wildman–Crippen LogP) is 2.22. The zero-order valence-corrected chi connectivity index (χ0v) is 14.8. The van der Waals surface area contributed by atoms with Crippen molar-refractivity contribution in [1.82, 2.24) is 15.5 Å². The van der Waals surface area contributed by atoms with E-state index in [1.165, 1.54) is 0 Å². The van der Waals surface area contributed by atoms with E-state index in [0.717, 1.165) is 51.5 Å². The molecule has 0 unspecified atom stereocenters. The Morgan fingerprint density at radius 2 is 1.84 bits per heavy atom. The number of nitrogens with one attached hydrogen (secondary N) is 2. The van der Waals surface area contributed by atoms with E-state index in [0.29, 0.717) is 6.04 Å². The summed E-state index contributed by atoms with van der Waals surface area (Å²) in [5, 5.41) is 6.80. The Hall–Kier alpha value is -0.300. The third-order valence-electron chi connectivity index (χ3n) is 3.27. The topological polar surface area (TPSA) is 39.7 Å². The Balaban J connectivity index is 0.00000324. The molecule has 4 nitrogen and oxygen atoms in total. The van der Waals surface area contributed by atoms with Crippen LogP contribution in [0.15, 0.2) is 17.1 Å². The second-order valence-electron chi connectivity index (χ2n) is 4.57. The van der Waals surface area contributed by atoms with Gasteiger partial charge in [-0.3, -0.25) is 4.99 Å². The first-order chi connectivity index (χ1) is 8.80. The minimum Gasteiger partial charge on any atom is -0.357 e. The van der Waals surface area contributed by atoms with Gasteiger partial charge in [0.1, 0.15) is 0 Å². The Labute approximate surface area is 135 Å². The molecular formula is C14H29IN4. The van der Waals surface area contributed by atoms with Gasteiger partial charge >= 0.3 is 0 Å². The van der Waals surface area contributed by atoms with E-state index in [1.807, 2.05) is 0 Å². The molecule has 0 fully saturated rings. The molecule has 2 N–H and O–H groups in total. The van der Waals surface area contributed by atoms with Crippen molar-refractivity contribution in [3.63, 3.8) is 0 Å². The zero-order chi connectivity index (χ0) is 13.2. The largest absolute Gasteiger partial charge is 0.357 e. The molecule has 0 aromatic heterocycles. The number of rotatable bonds is 7. The molecule has 0 saturated heterocycles. The maximum atomic E-state index is 4.64. The molecule has 19 heavy (non-hydrogen) atoms. The van der Waals surface area contributed by atoms with E-state index < -0.39 is 0 Å². The number of nitrogens with zero attached hydrogens (tertiary/aromatic N) is 2. The van der Waals surface area contributed by atoms with Crippen molar-refractivity contribution in [2.24, 2.45) is 4.99 Å². The van der Waals surface area contributed by atoms with E-state index >= 15 is 0 Å². The van der Waals surface area contributed by atoms with Crippen LogP contribution in [0.25, 0.3) is 0 Å². The fraction of sp³-hybridized carbons (Fsp3) is 0.786. The molecule has 0 saturated carbocycles.